The van der Waals surface area contributed by atoms with Crippen LogP contribution in [0, 0.1) is 5.92 Å². The summed E-state index contributed by atoms with van der Waals surface area (Å²) in [5, 5.41) is 89.9. The predicted octanol–water partition coefficient (Wildman–Crippen LogP) is 8.41. The molecule has 0 bridgehead atoms. The van der Waals surface area contributed by atoms with Crippen LogP contribution in [0.2, 0.25) is 66.5 Å². The van der Waals surface area contributed by atoms with E-state index in [4.69, 9.17) is 111 Å². The number of alkyl halides is 2. The summed E-state index contributed by atoms with van der Waals surface area (Å²) in [5.41, 5.74) is 38.3. The van der Waals surface area contributed by atoms with Crippen molar-refractivity contribution in [3.63, 3.8) is 0 Å². The lowest BCUT2D eigenvalue weighted by Gasteiger charge is -2.43. The molecule has 0 aromatic carbocycles. The van der Waals surface area contributed by atoms with Gasteiger partial charge in [0.25, 0.3) is 0 Å². The number of nitrogens with two attached hydrogens (primary N) is 5. The van der Waals surface area contributed by atoms with Crippen LogP contribution >= 0.6 is 23.2 Å². The van der Waals surface area contributed by atoms with Gasteiger partial charge in [-0.25, -0.2) is 74.8 Å². The largest absolute Gasteiger partial charge is 0.437 e. The van der Waals surface area contributed by atoms with Gasteiger partial charge in [-0.05, 0) is 66.5 Å². The smallest absolute Gasteiger partial charge is 0.333 e. The summed E-state index contributed by atoms with van der Waals surface area (Å²) in [6, 6.07) is 0. The molecule has 0 aliphatic carbocycles. The van der Waals surface area contributed by atoms with Gasteiger partial charge in [0, 0.05) is 5.92 Å². The molecule has 5 unspecified atom stereocenters. The predicted molar refractivity (Wildman–Crippen MR) is 544 cm³/mol. The number of aliphatic hydroxyl groups is 9. The van der Waals surface area contributed by atoms with Crippen LogP contribution in [0.25, 0.3) is 55.8 Å². The fourth-order valence-electron chi connectivity index (χ4n) is 19.3. The number of hydrogen-bond donors (Lipinski definition) is 14. The fourth-order valence-corrected chi connectivity index (χ4v) is 50.9. The molecule has 0 spiro atoms. The maximum Gasteiger partial charge on any atom is 0.333 e. The molecule has 0 amide bonds. The van der Waals surface area contributed by atoms with Crippen molar-refractivity contribution < 1.29 is 95.3 Å². The van der Waals surface area contributed by atoms with Crippen molar-refractivity contribution in [1.29, 1.82) is 0 Å². The Kier molecular flexibility index (Phi) is 38.8. The van der Waals surface area contributed by atoms with Gasteiger partial charge in [0.2, 0.25) is 0 Å². The second-order valence-corrected chi connectivity index (χ2v) is 67.3. The van der Waals surface area contributed by atoms with Crippen molar-refractivity contribution in [3.05, 3.63) is 63.3 Å². The molecule has 5 aliphatic heterocycles. The molecule has 5 aliphatic rings. The maximum absolute atomic E-state index is 11.1. The van der Waals surface area contributed by atoms with Crippen LogP contribution in [0.5, 0.6) is 0 Å². The number of imidazole rings is 5. The first-order valence-corrected chi connectivity index (χ1v) is 60.3. The Morgan fingerprint density at radius 2 is 0.507 bits per heavy atom. The molecule has 5 fully saturated rings. The summed E-state index contributed by atoms with van der Waals surface area (Å²) >= 11 is 12.8. The summed E-state index contributed by atoms with van der Waals surface area (Å²) in [7, 11) is -12.5. The average molecular weight is 2100 g/mol. The molecule has 15 rings (SSSR count). The molecule has 45 nitrogen and oxygen atoms in total. The quantitative estimate of drug-likeness (QED) is 0.0133. The highest BCUT2D eigenvalue weighted by molar-refractivity contribution is 6.79. The number of ether oxygens (including phenoxy) is 5. The first kappa shape index (κ1) is 113. The van der Waals surface area contributed by atoms with Gasteiger partial charge in [0.05, 0.1) is 70.8 Å². The van der Waals surface area contributed by atoms with Crippen LogP contribution in [0.15, 0.2) is 63.3 Å². The van der Waals surface area contributed by atoms with E-state index >= 15 is 0 Å². The zero-order valence-corrected chi connectivity index (χ0v) is 92.6. The van der Waals surface area contributed by atoms with Crippen molar-refractivity contribution in [2.24, 2.45) is 5.92 Å². The van der Waals surface area contributed by atoms with Gasteiger partial charge in [-0.1, -0.05) is 173 Å². The number of hydrogen-bond acceptors (Lipinski definition) is 40. The number of aliphatic hydroxyl groups excluding tert-OH is 9. The molecule has 140 heavy (non-hydrogen) atoms. The zero-order chi connectivity index (χ0) is 103. The van der Waals surface area contributed by atoms with Gasteiger partial charge in [-0.2, -0.15) is 0 Å². The molecule has 0 radical (unpaired) electrons. The lowest BCUT2D eigenvalue weighted by Crippen LogP contribution is -2.54. The second-order valence-electron chi connectivity index (χ2n) is 40.5. The Hall–Kier alpha value is -7.17. The number of fused-ring (bicyclic) bond motifs is 5. The lowest BCUT2D eigenvalue weighted by molar-refractivity contribution is -0.0515. The Morgan fingerprint density at radius 1 is 0.300 bits per heavy atom. The average Bonchev–Trinajstić information content (AvgIpc) is 1.64. The van der Waals surface area contributed by atoms with Crippen LogP contribution in [-0.2, 0) is 49.3 Å². The van der Waals surface area contributed by atoms with Gasteiger partial charge in [-0.3, -0.25) is 22.8 Å². The highest BCUT2D eigenvalue weighted by Crippen LogP contribution is 2.47. The van der Waals surface area contributed by atoms with E-state index in [0.29, 0.717) is 101 Å². The van der Waals surface area contributed by atoms with E-state index < -0.39 is 175 Å². The minimum absolute atomic E-state index is 0.137. The zero-order valence-electron chi connectivity index (χ0n) is 84.6. The third kappa shape index (κ3) is 23.7. The molecule has 53 heteroatoms. The standard InChI is InChI=1S/C23H43N5O4Si2.C22H40ClN5O4Si2.C22H41N5O5Si2.C10H12ClN5O3.C10H13N5O4/c1-13(2)33(14(3)4)32-34(15(5)6,16(7)8)30-10-18-20(29)17(9)23(31-18)28-12-27-19-21(24)25-11-26-22(19)28;1-12(2)33(13(3)4)32-34(14(5)6,15(7)8)30-9-16-19(29)17(23)22(31-16)28-11-27-18-20(24)25-10-26-21(18)28;1-12(2)33(13(3)4)32-34(14(5)6,15(7)8)30-9-16-18(28)19(29)22(31-16)27-11-26-17-20(23)24-10-25-21(17)27;11-5-7(18)4(1-17)19-10(5)16-3-15-6-8(12)13-2-14-9(6)16;11-8-5-9(13-2-12-8)15(3-14-5)10-7(18)6(17)4(1-16)19-10/h11-18,20,23,29,33H,10H2,1-9H3,(H2,24,25,26);10-17,19,22,29,33H,9H2,1-8H3,(H2,24,25,26);10-16,18-19,22,28-29,33H,9H2,1-8H3,(H2,23,24,25);2-5,7,10,17-18H,1H2,(H2,12,13,14);2-4,6-7,10,16-18H,1H2,(H2,11,12,13)/t17-,18-,20?,23-;16-,17+,19?,22-;16-,18?,19-,22-;4-,5+,7?,10-;4-,6?,7-,10-/m11111/s1. The van der Waals surface area contributed by atoms with E-state index in [1.54, 1.807) is 26.4 Å². The summed E-state index contributed by atoms with van der Waals surface area (Å²) in [5.74, 6) is 1.15. The first-order chi connectivity index (χ1) is 66.0. The minimum Gasteiger partial charge on any atom is -0.437 e. The number of nitrogen functional groups attached to an aromatic ring is 5. The van der Waals surface area contributed by atoms with E-state index in [1.165, 1.54) is 55.2 Å². The van der Waals surface area contributed by atoms with Gasteiger partial charge >= 0.3 is 25.7 Å². The summed E-state index contributed by atoms with van der Waals surface area (Å²) < 4.78 is 78.9. The van der Waals surface area contributed by atoms with E-state index in [1.807, 2.05) is 11.5 Å². The second kappa shape index (κ2) is 48.0. The fraction of sp³-hybridized carbons (Fsp3) is 0.713. The summed E-state index contributed by atoms with van der Waals surface area (Å²) in [6.45, 7) is 55.0. The van der Waals surface area contributed by atoms with E-state index in [-0.39, 0.29) is 82.3 Å². The number of nitrogens with zero attached hydrogens (tertiary/aromatic N) is 20. The van der Waals surface area contributed by atoms with Crippen LogP contribution in [-0.4, -0.2) is 313 Å². The molecule has 20 atom stereocenters. The van der Waals surface area contributed by atoms with Gasteiger partial charge < -0.3 is 124 Å². The highest BCUT2D eigenvalue weighted by atomic mass is 35.5. The topological polar surface area (TPSA) is 632 Å². The Labute approximate surface area is 834 Å². The molecule has 5 saturated heterocycles. The maximum atomic E-state index is 11.1. The Morgan fingerprint density at radius 3 is 0.757 bits per heavy atom. The number of rotatable bonds is 34. The third-order valence-corrected chi connectivity index (χ3v) is 54.8. The van der Waals surface area contributed by atoms with Crippen molar-refractivity contribution in [2.45, 2.75) is 355 Å². The number of anilines is 5. The molecular weight excluding hydrogens is 1950 g/mol. The Balaban J connectivity index is 0.000000171. The number of halogens is 2. The summed E-state index contributed by atoms with van der Waals surface area (Å²) in [6.07, 6.45) is 0.176. The number of aromatic nitrogens is 20. The van der Waals surface area contributed by atoms with Crippen LogP contribution in [0.4, 0.5) is 29.1 Å². The summed E-state index contributed by atoms with van der Waals surface area (Å²) in [4.78, 5) is 61.6. The SMILES string of the molecule is CC(C)[SiH](O[Si](OC[C@H]1O[C@@H](n2cnc3c(N)ncnc32)[C@@H](Cl)C1O)(C(C)C)C(C)C)C(C)C.CC(C)[SiH](O[Si](OC[C@H]1O[C@@H](n2cnc3c(N)ncnc32)[C@H](C)C1O)(C(C)C)C(C)C)C(C)C.CC(C)[SiH](O[Si](OC[C@H]1O[C@@H](n2cnc3c(N)ncnc32)[C@H](O)C1O)(C(C)C)C(C)C)C(C)C.Nc1ncnc2c1ncn2[C@@H]1O[C@H](CO)C(O)[C@@H]1Cl.Nc1ncnc2c1ncn2[C@@H]1O[C@H](CO)C(O)[C@H]1O. The lowest BCUT2D eigenvalue weighted by atomic mass is 10.0. The van der Waals surface area contributed by atoms with Crippen LogP contribution in [0.3, 0.4) is 0 Å². The van der Waals surface area contributed by atoms with Gasteiger partial charge in [-0.15, -0.1) is 23.2 Å². The molecular formula is C87H149Cl2N25O20Si6. The minimum atomic E-state index is -2.66. The highest BCUT2D eigenvalue weighted by Gasteiger charge is 2.56. The van der Waals surface area contributed by atoms with Crippen LogP contribution in [0.1, 0.15) is 204 Å². The first-order valence-electron chi connectivity index (χ1n) is 48.1. The molecule has 780 valence electrons. The molecule has 19 N–H and O–H groups in total. The van der Waals surface area contributed by atoms with Crippen LogP contribution < -0.4 is 28.7 Å². The van der Waals surface area contributed by atoms with Gasteiger partial charge in [0.15, 0.2) is 109 Å². The van der Waals surface area contributed by atoms with E-state index in [9.17, 15) is 35.7 Å². The van der Waals surface area contributed by atoms with Crippen molar-refractivity contribution >= 4 is 161 Å². The normalized spacial score (nSPS) is 26.0. The van der Waals surface area contributed by atoms with Crippen molar-refractivity contribution in [1.82, 2.24) is 97.6 Å². The molecule has 10 aromatic rings. The molecule has 15 heterocycles. The Bertz CT molecular complexity index is 5110. The molecule has 0 saturated carbocycles. The van der Waals surface area contributed by atoms with Crippen molar-refractivity contribution in [2.75, 3.05) is 61.7 Å². The van der Waals surface area contributed by atoms with E-state index in [0.717, 1.165) is 0 Å². The molecule has 10 aromatic heterocycles. The third-order valence-electron chi connectivity index (χ3n) is 26.8. The monoisotopic (exact) mass is 2100 g/mol. The van der Waals surface area contributed by atoms with Gasteiger partial charge in [0.1, 0.15) is 143 Å². The van der Waals surface area contributed by atoms with Crippen molar-refractivity contribution in [3.8, 4) is 0 Å². The van der Waals surface area contributed by atoms with E-state index in [2.05, 4.69) is 241 Å².